The van der Waals surface area contributed by atoms with E-state index in [0.717, 1.165) is 0 Å². The van der Waals surface area contributed by atoms with E-state index in [-0.39, 0.29) is 6.61 Å². The number of ketones is 2. The monoisotopic (exact) mass is 358 g/mol. The minimum atomic E-state index is -1.44. The van der Waals surface area contributed by atoms with Gasteiger partial charge in [0.1, 0.15) is 11.2 Å². The van der Waals surface area contributed by atoms with E-state index in [0.29, 0.717) is 18.6 Å². The minimum absolute atomic E-state index is 0.286. The lowest BCUT2D eigenvalue weighted by atomic mass is 9.64. The first-order chi connectivity index (χ1) is 12.2. The zero-order valence-electron chi connectivity index (χ0n) is 15.0. The van der Waals surface area contributed by atoms with Crippen molar-refractivity contribution in [3.63, 3.8) is 0 Å². The van der Waals surface area contributed by atoms with E-state index in [1.165, 1.54) is 0 Å². The SMILES string of the molecule is CC12CCC(C(=O)NNC(=O)COc3ccccc3)(C(=O)C1=O)C2(C)C. The largest absolute Gasteiger partial charge is 0.484 e. The summed E-state index contributed by atoms with van der Waals surface area (Å²) in [4.78, 5) is 49.6. The van der Waals surface area contributed by atoms with E-state index in [9.17, 15) is 19.2 Å². The molecule has 2 saturated carbocycles. The standard InChI is InChI=1S/C19H22N2O5/c1-17(2)18(3)9-10-19(17,15(24)14(18)23)16(25)21-20-13(22)11-26-12-7-5-4-6-8-12/h4-8H,9-11H2,1-3H3,(H,20,22)(H,21,25). The van der Waals surface area contributed by atoms with Crippen LogP contribution in [0.3, 0.4) is 0 Å². The Balaban J connectivity index is 1.64. The molecule has 2 fully saturated rings. The summed E-state index contributed by atoms with van der Waals surface area (Å²) in [6.45, 7) is 4.98. The molecule has 2 atom stereocenters. The summed E-state index contributed by atoms with van der Waals surface area (Å²) in [5.74, 6) is -1.84. The fourth-order valence-electron chi connectivity index (χ4n) is 4.21. The van der Waals surface area contributed by atoms with Crippen LogP contribution in [0.4, 0.5) is 0 Å². The average Bonchev–Trinajstić information content (AvgIpc) is 2.90. The number of hydrogen-bond acceptors (Lipinski definition) is 5. The van der Waals surface area contributed by atoms with Crippen molar-refractivity contribution in [3.8, 4) is 5.75 Å². The second-order valence-corrected chi connectivity index (χ2v) is 7.62. The van der Waals surface area contributed by atoms with Gasteiger partial charge < -0.3 is 4.74 Å². The van der Waals surface area contributed by atoms with Crippen molar-refractivity contribution in [3.05, 3.63) is 30.3 Å². The summed E-state index contributed by atoms with van der Waals surface area (Å²) in [5.41, 5.74) is 1.48. The lowest BCUT2D eigenvalue weighted by Crippen LogP contribution is -2.56. The molecular formula is C19H22N2O5. The molecule has 0 aliphatic heterocycles. The number of rotatable bonds is 4. The summed E-state index contributed by atoms with van der Waals surface area (Å²) >= 11 is 0. The number of Topliss-reactive ketones (excluding diaryl/α,β-unsaturated/α-hetero) is 2. The van der Waals surface area contributed by atoms with Gasteiger partial charge in [0.2, 0.25) is 11.6 Å². The highest BCUT2D eigenvalue weighted by Gasteiger charge is 2.77. The molecule has 0 spiro atoms. The third-order valence-electron chi connectivity index (χ3n) is 6.36. The second kappa shape index (κ2) is 5.93. The van der Waals surface area contributed by atoms with Crippen molar-refractivity contribution >= 4 is 23.4 Å². The van der Waals surface area contributed by atoms with Gasteiger partial charge >= 0.3 is 0 Å². The Morgan fingerprint density at radius 2 is 1.65 bits per heavy atom. The van der Waals surface area contributed by atoms with Crippen molar-refractivity contribution in [2.45, 2.75) is 33.6 Å². The summed E-state index contributed by atoms with van der Waals surface area (Å²) < 4.78 is 5.30. The van der Waals surface area contributed by atoms with Crippen LogP contribution in [-0.2, 0) is 19.2 Å². The van der Waals surface area contributed by atoms with Gasteiger partial charge in [-0.1, -0.05) is 39.0 Å². The van der Waals surface area contributed by atoms with Crippen molar-refractivity contribution in [2.75, 3.05) is 6.61 Å². The van der Waals surface area contributed by atoms with Crippen LogP contribution in [0, 0.1) is 16.2 Å². The number of nitrogens with one attached hydrogen (secondary N) is 2. The normalized spacial score (nSPS) is 28.7. The Labute approximate surface area is 151 Å². The molecule has 2 amide bonds. The number of hydrazine groups is 1. The topological polar surface area (TPSA) is 102 Å². The van der Waals surface area contributed by atoms with Gasteiger partial charge in [0.05, 0.1) is 0 Å². The first-order valence-electron chi connectivity index (χ1n) is 8.53. The first kappa shape index (κ1) is 18.1. The van der Waals surface area contributed by atoms with Crippen LogP contribution in [0.25, 0.3) is 0 Å². The number of amides is 2. The quantitative estimate of drug-likeness (QED) is 0.478. The Morgan fingerprint density at radius 3 is 2.23 bits per heavy atom. The van der Waals surface area contributed by atoms with E-state index in [4.69, 9.17) is 4.74 Å². The Morgan fingerprint density at radius 1 is 1.00 bits per heavy atom. The molecule has 7 heteroatoms. The molecule has 2 bridgehead atoms. The van der Waals surface area contributed by atoms with Gasteiger partial charge in [-0.05, 0) is 30.4 Å². The molecule has 0 heterocycles. The number of benzene rings is 1. The molecule has 138 valence electrons. The van der Waals surface area contributed by atoms with Gasteiger partial charge in [0.15, 0.2) is 6.61 Å². The smallest absolute Gasteiger partial charge is 0.276 e. The van der Waals surface area contributed by atoms with E-state index >= 15 is 0 Å². The van der Waals surface area contributed by atoms with Crippen molar-refractivity contribution < 1.29 is 23.9 Å². The van der Waals surface area contributed by atoms with Crippen molar-refractivity contribution in [2.24, 2.45) is 16.2 Å². The lowest BCUT2D eigenvalue weighted by Gasteiger charge is -2.36. The van der Waals surface area contributed by atoms with Crippen LogP contribution in [0.2, 0.25) is 0 Å². The number of carbonyl (C=O) groups excluding carboxylic acids is 4. The van der Waals surface area contributed by atoms with Gasteiger partial charge in [-0.2, -0.15) is 0 Å². The minimum Gasteiger partial charge on any atom is -0.484 e. The van der Waals surface area contributed by atoms with Gasteiger partial charge in [0, 0.05) is 5.41 Å². The fraction of sp³-hybridized carbons (Fsp3) is 0.474. The van der Waals surface area contributed by atoms with Crippen LogP contribution in [0.1, 0.15) is 33.6 Å². The second-order valence-electron chi connectivity index (χ2n) is 7.62. The van der Waals surface area contributed by atoms with Crippen LogP contribution in [0.15, 0.2) is 30.3 Å². The highest BCUT2D eigenvalue weighted by Crippen LogP contribution is 2.68. The summed E-state index contributed by atoms with van der Waals surface area (Å²) in [6, 6.07) is 8.78. The number of hydrogen-bond donors (Lipinski definition) is 2. The zero-order valence-corrected chi connectivity index (χ0v) is 15.0. The van der Waals surface area contributed by atoms with E-state index in [1.807, 2.05) is 6.07 Å². The van der Waals surface area contributed by atoms with Gasteiger partial charge in [0.25, 0.3) is 11.8 Å². The number of fused-ring (bicyclic) bond motifs is 2. The number of carbonyl (C=O) groups is 4. The molecular weight excluding hydrogens is 336 g/mol. The molecule has 3 rings (SSSR count). The van der Waals surface area contributed by atoms with E-state index in [1.54, 1.807) is 45.0 Å². The molecule has 1 aromatic rings. The van der Waals surface area contributed by atoms with Crippen LogP contribution >= 0.6 is 0 Å². The third-order valence-corrected chi connectivity index (χ3v) is 6.36. The van der Waals surface area contributed by atoms with Crippen molar-refractivity contribution in [1.29, 1.82) is 0 Å². The van der Waals surface area contributed by atoms with E-state index in [2.05, 4.69) is 10.9 Å². The van der Waals surface area contributed by atoms with Gasteiger partial charge in [-0.15, -0.1) is 0 Å². The highest BCUT2D eigenvalue weighted by molar-refractivity contribution is 6.48. The van der Waals surface area contributed by atoms with Gasteiger partial charge in [-0.25, -0.2) is 0 Å². The predicted octanol–water partition coefficient (Wildman–Crippen LogP) is 1.18. The zero-order chi connectivity index (χ0) is 19.2. The summed E-state index contributed by atoms with van der Waals surface area (Å²) in [7, 11) is 0. The Hall–Kier alpha value is -2.70. The highest BCUT2D eigenvalue weighted by atomic mass is 16.5. The third kappa shape index (κ3) is 2.26. The summed E-state index contributed by atoms with van der Waals surface area (Å²) in [5, 5.41) is 0. The Kier molecular flexibility index (Phi) is 4.13. The fourth-order valence-corrected chi connectivity index (χ4v) is 4.21. The van der Waals surface area contributed by atoms with Gasteiger partial charge in [-0.3, -0.25) is 30.0 Å². The molecule has 0 saturated heterocycles. The average molecular weight is 358 g/mol. The molecule has 2 aliphatic rings. The van der Waals surface area contributed by atoms with Crippen LogP contribution in [0.5, 0.6) is 5.75 Å². The summed E-state index contributed by atoms with van der Waals surface area (Å²) in [6.07, 6.45) is 0.770. The number of ether oxygens (including phenoxy) is 1. The molecule has 2 unspecified atom stereocenters. The van der Waals surface area contributed by atoms with Crippen LogP contribution < -0.4 is 15.6 Å². The predicted molar refractivity (Wildman–Crippen MR) is 91.8 cm³/mol. The molecule has 0 radical (unpaired) electrons. The maximum Gasteiger partial charge on any atom is 0.276 e. The maximum absolute atomic E-state index is 12.8. The molecule has 1 aromatic carbocycles. The first-order valence-corrected chi connectivity index (χ1v) is 8.53. The Bertz CT molecular complexity index is 788. The van der Waals surface area contributed by atoms with E-state index < -0.39 is 39.6 Å². The maximum atomic E-state index is 12.8. The molecule has 2 N–H and O–H groups in total. The van der Waals surface area contributed by atoms with Crippen molar-refractivity contribution in [1.82, 2.24) is 10.9 Å². The van der Waals surface area contributed by atoms with Crippen LogP contribution in [-0.4, -0.2) is 30.0 Å². The molecule has 26 heavy (non-hydrogen) atoms. The lowest BCUT2D eigenvalue weighted by molar-refractivity contribution is -0.150. The molecule has 7 nitrogen and oxygen atoms in total. The molecule has 2 aliphatic carbocycles. The number of para-hydroxylation sites is 1. The molecule has 0 aromatic heterocycles.